The van der Waals surface area contributed by atoms with Crippen molar-refractivity contribution in [1.82, 2.24) is 10.2 Å². The topological polar surface area (TPSA) is 49.4 Å². The number of nitrogens with one attached hydrogen (secondary N) is 1. The number of hydrogen-bond donors (Lipinski definition) is 1. The van der Waals surface area contributed by atoms with Crippen molar-refractivity contribution in [3.8, 4) is 0 Å². The molecule has 2 aliphatic heterocycles. The van der Waals surface area contributed by atoms with Gasteiger partial charge in [0.05, 0.1) is 5.92 Å². The number of nitrogens with zero attached hydrogens (tertiary/aromatic N) is 1. The van der Waals surface area contributed by atoms with Crippen LogP contribution in [0.1, 0.15) is 51.4 Å². The summed E-state index contributed by atoms with van der Waals surface area (Å²) in [6.45, 7) is 2.35. The Kier molecular flexibility index (Phi) is 3.50. The maximum absolute atomic E-state index is 12.4. The summed E-state index contributed by atoms with van der Waals surface area (Å²) in [5.74, 6) is 0.121. The third-order valence-corrected chi connectivity index (χ3v) is 5.38. The molecule has 3 fully saturated rings. The second-order valence-electron chi connectivity index (χ2n) is 6.59. The summed E-state index contributed by atoms with van der Waals surface area (Å²) in [7, 11) is 0. The largest absolute Gasteiger partial charge is 0.355 e. The highest BCUT2D eigenvalue weighted by Gasteiger charge is 2.39. The van der Waals surface area contributed by atoms with E-state index in [9.17, 15) is 9.59 Å². The quantitative estimate of drug-likeness (QED) is 0.783. The second-order valence-corrected chi connectivity index (χ2v) is 6.59. The fraction of sp³-hybridized carbons (Fsp3) is 0.867. The first-order chi connectivity index (χ1) is 9.19. The molecule has 19 heavy (non-hydrogen) atoms. The Hall–Kier alpha value is -1.06. The number of carbonyl (C=O) groups is 2. The fourth-order valence-corrected chi connectivity index (χ4v) is 4.04. The molecule has 1 aliphatic carbocycles. The zero-order valence-electron chi connectivity index (χ0n) is 11.6. The van der Waals surface area contributed by atoms with Crippen LogP contribution in [0, 0.1) is 11.3 Å². The highest BCUT2D eigenvalue weighted by molar-refractivity contribution is 5.89. The van der Waals surface area contributed by atoms with E-state index in [-0.39, 0.29) is 17.7 Å². The summed E-state index contributed by atoms with van der Waals surface area (Å²) in [5, 5.41) is 2.76. The van der Waals surface area contributed by atoms with Gasteiger partial charge in [-0.1, -0.05) is 19.3 Å². The van der Waals surface area contributed by atoms with Gasteiger partial charge in [0.15, 0.2) is 0 Å². The van der Waals surface area contributed by atoms with E-state index in [0.717, 1.165) is 13.1 Å². The summed E-state index contributed by atoms with van der Waals surface area (Å²) in [4.78, 5) is 25.6. The van der Waals surface area contributed by atoms with Crippen LogP contribution in [0.5, 0.6) is 0 Å². The van der Waals surface area contributed by atoms with Crippen LogP contribution in [0.15, 0.2) is 0 Å². The molecular weight excluding hydrogens is 240 g/mol. The Morgan fingerprint density at radius 2 is 1.79 bits per heavy atom. The summed E-state index contributed by atoms with van der Waals surface area (Å²) in [6, 6.07) is 0. The van der Waals surface area contributed by atoms with E-state index in [1.807, 2.05) is 4.90 Å². The number of hydrogen-bond acceptors (Lipinski definition) is 2. The molecule has 2 saturated heterocycles. The van der Waals surface area contributed by atoms with Crippen molar-refractivity contribution in [2.24, 2.45) is 11.3 Å². The molecule has 106 valence electrons. The van der Waals surface area contributed by atoms with Gasteiger partial charge in [-0.15, -0.1) is 0 Å². The Labute approximate surface area is 114 Å². The summed E-state index contributed by atoms with van der Waals surface area (Å²) < 4.78 is 0. The fourth-order valence-electron chi connectivity index (χ4n) is 4.04. The lowest BCUT2D eigenvalue weighted by molar-refractivity contribution is -0.138. The zero-order valence-corrected chi connectivity index (χ0v) is 11.6. The predicted molar refractivity (Wildman–Crippen MR) is 72.4 cm³/mol. The van der Waals surface area contributed by atoms with Crippen LogP contribution < -0.4 is 5.32 Å². The lowest BCUT2D eigenvalue weighted by atomic mass is 9.68. The van der Waals surface area contributed by atoms with Gasteiger partial charge >= 0.3 is 0 Å². The Balaban J connectivity index is 1.54. The monoisotopic (exact) mass is 264 g/mol. The van der Waals surface area contributed by atoms with Crippen LogP contribution in [-0.2, 0) is 9.59 Å². The molecule has 3 aliphatic rings. The lowest BCUT2D eigenvalue weighted by Gasteiger charge is -2.44. The molecule has 1 atom stereocenters. The minimum Gasteiger partial charge on any atom is -0.355 e. The molecule has 1 unspecified atom stereocenters. The number of amides is 2. The summed E-state index contributed by atoms with van der Waals surface area (Å²) in [6.07, 6.45) is 9.58. The van der Waals surface area contributed by atoms with E-state index < -0.39 is 0 Å². The third kappa shape index (κ3) is 2.63. The molecule has 0 aromatic carbocycles. The van der Waals surface area contributed by atoms with Gasteiger partial charge in [-0.25, -0.2) is 0 Å². The second kappa shape index (κ2) is 5.14. The van der Waals surface area contributed by atoms with Crippen LogP contribution >= 0.6 is 0 Å². The van der Waals surface area contributed by atoms with Crippen LogP contribution in [0.4, 0.5) is 0 Å². The smallest absolute Gasteiger partial charge is 0.227 e. The Morgan fingerprint density at radius 1 is 1.11 bits per heavy atom. The number of likely N-dealkylation sites (tertiary alicyclic amines) is 1. The molecule has 1 saturated carbocycles. The number of carbonyl (C=O) groups excluding carboxylic acids is 2. The number of rotatable bonds is 1. The predicted octanol–water partition coefficient (Wildman–Crippen LogP) is 1.70. The molecule has 1 spiro atoms. The molecule has 4 nitrogen and oxygen atoms in total. The van der Waals surface area contributed by atoms with E-state index in [0.29, 0.717) is 18.4 Å². The Bertz CT molecular complexity index is 364. The minimum atomic E-state index is -0.104. The summed E-state index contributed by atoms with van der Waals surface area (Å²) in [5.41, 5.74) is 0.540. The molecule has 0 bridgehead atoms. The molecule has 3 rings (SSSR count). The van der Waals surface area contributed by atoms with E-state index in [4.69, 9.17) is 0 Å². The van der Waals surface area contributed by atoms with Gasteiger partial charge in [-0.05, 0) is 31.1 Å². The Morgan fingerprint density at radius 3 is 2.37 bits per heavy atom. The highest BCUT2D eigenvalue weighted by atomic mass is 16.2. The van der Waals surface area contributed by atoms with Gasteiger partial charge in [-0.3, -0.25) is 9.59 Å². The molecule has 0 aromatic heterocycles. The van der Waals surface area contributed by atoms with Crippen LogP contribution in [0.2, 0.25) is 0 Å². The van der Waals surface area contributed by atoms with Crippen molar-refractivity contribution in [3.05, 3.63) is 0 Å². The first-order valence-corrected chi connectivity index (χ1v) is 7.74. The number of piperidine rings is 1. The van der Waals surface area contributed by atoms with Crippen molar-refractivity contribution in [3.63, 3.8) is 0 Å². The van der Waals surface area contributed by atoms with Gasteiger partial charge in [0, 0.05) is 26.1 Å². The molecule has 0 radical (unpaired) electrons. The molecule has 4 heteroatoms. The highest BCUT2D eigenvalue weighted by Crippen LogP contribution is 2.44. The third-order valence-electron chi connectivity index (χ3n) is 5.38. The van der Waals surface area contributed by atoms with E-state index in [1.54, 1.807) is 0 Å². The van der Waals surface area contributed by atoms with E-state index in [1.165, 1.54) is 44.9 Å². The van der Waals surface area contributed by atoms with Gasteiger partial charge < -0.3 is 10.2 Å². The molecule has 1 N–H and O–H groups in total. The van der Waals surface area contributed by atoms with E-state index >= 15 is 0 Å². The average Bonchev–Trinajstić information content (AvgIpc) is 2.87. The van der Waals surface area contributed by atoms with Crippen molar-refractivity contribution < 1.29 is 9.59 Å². The summed E-state index contributed by atoms with van der Waals surface area (Å²) >= 11 is 0. The SMILES string of the molecule is O=C1CC(C(=O)N2CCC3(CCCCC3)CC2)CN1. The van der Waals surface area contributed by atoms with Gasteiger partial charge in [0.1, 0.15) is 0 Å². The first-order valence-electron chi connectivity index (χ1n) is 7.74. The van der Waals surface area contributed by atoms with Crippen molar-refractivity contribution >= 4 is 11.8 Å². The van der Waals surface area contributed by atoms with Crippen LogP contribution in [0.25, 0.3) is 0 Å². The van der Waals surface area contributed by atoms with Crippen molar-refractivity contribution in [2.75, 3.05) is 19.6 Å². The standard InChI is InChI=1S/C15H24N2O2/c18-13-10-12(11-16-13)14(19)17-8-6-15(7-9-17)4-2-1-3-5-15/h12H,1-11H2,(H,16,18). The maximum Gasteiger partial charge on any atom is 0.227 e. The average molecular weight is 264 g/mol. The molecule has 0 aromatic rings. The zero-order chi connectivity index (χ0) is 13.3. The van der Waals surface area contributed by atoms with Crippen LogP contribution in [0.3, 0.4) is 0 Å². The molecular formula is C15H24N2O2. The first kappa shape index (κ1) is 12.9. The minimum absolute atomic E-state index is 0.0270. The van der Waals surface area contributed by atoms with E-state index in [2.05, 4.69) is 5.32 Å². The van der Waals surface area contributed by atoms with Gasteiger partial charge in [0.2, 0.25) is 11.8 Å². The molecule has 2 heterocycles. The van der Waals surface area contributed by atoms with Crippen molar-refractivity contribution in [2.45, 2.75) is 51.4 Å². The lowest BCUT2D eigenvalue weighted by Crippen LogP contribution is -2.46. The van der Waals surface area contributed by atoms with Gasteiger partial charge in [0.25, 0.3) is 0 Å². The maximum atomic E-state index is 12.4. The van der Waals surface area contributed by atoms with Gasteiger partial charge in [-0.2, -0.15) is 0 Å². The normalized spacial score (nSPS) is 30.4. The molecule has 2 amide bonds. The van der Waals surface area contributed by atoms with Crippen LogP contribution in [-0.4, -0.2) is 36.3 Å². The van der Waals surface area contributed by atoms with Crippen molar-refractivity contribution in [1.29, 1.82) is 0 Å².